The highest BCUT2D eigenvalue weighted by atomic mass is 32.3. The highest BCUT2D eigenvalue weighted by Gasteiger charge is 2.27. The lowest BCUT2D eigenvalue weighted by Gasteiger charge is -2.21. The summed E-state index contributed by atoms with van der Waals surface area (Å²) in [5.41, 5.74) is 0. The fourth-order valence-electron chi connectivity index (χ4n) is 3.29. The molecular formula is C18H35O4S2+. The van der Waals surface area contributed by atoms with E-state index in [2.05, 4.69) is 6.92 Å². The molecule has 142 valence electrons. The number of hydrogen-bond acceptors (Lipinski definition) is 4. The van der Waals surface area contributed by atoms with E-state index in [9.17, 15) is 13.2 Å². The molecule has 0 heterocycles. The Morgan fingerprint density at radius 3 is 2.46 bits per heavy atom. The molecule has 1 aliphatic carbocycles. The van der Waals surface area contributed by atoms with Crippen LogP contribution in [-0.2, 0) is 29.7 Å². The molecule has 0 aliphatic heterocycles. The maximum atomic E-state index is 12.0. The fourth-order valence-corrected chi connectivity index (χ4v) is 6.33. The SMILES string of the molecule is CCCCCC(=O)C[S+](C)OS(=O)(=O)CCCCC1CCCCC1. The van der Waals surface area contributed by atoms with Crippen LogP contribution in [0.25, 0.3) is 0 Å². The lowest BCUT2D eigenvalue weighted by Crippen LogP contribution is -2.22. The Morgan fingerprint density at radius 2 is 1.79 bits per heavy atom. The topological polar surface area (TPSA) is 60.4 Å². The van der Waals surface area contributed by atoms with E-state index in [4.69, 9.17) is 3.63 Å². The Hall–Kier alpha value is -0.0700. The first-order valence-corrected chi connectivity index (χ1v) is 12.8. The average Bonchev–Trinajstić information content (AvgIpc) is 2.52. The lowest BCUT2D eigenvalue weighted by atomic mass is 9.86. The van der Waals surface area contributed by atoms with Crippen molar-refractivity contribution < 1.29 is 16.8 Å². The zero-order chi connectivity index (χ0) is 17.8. The Balaban J connectivity index is 2.16. The first kappa shape index (κ1) is 22.0. The zero-order valence-corrected chi connectivity index (χ0v) is 17.1. The maximum Gasteiger partial charge on any atom is 0.311 e. The number of rotatable bonds is 13. The van der Waals surface area contributed by atoms with Crippen LogP contribution in [0.15, 0.2) is 0 Å². The maximum absolute atomic E-state index is 12.0. The van der Waals surface area contributed by atoms with Gasteiger partial charge in [-0.1, -0.05) is 64.7 Å². The molecule has 1 fully saturated rings. The summed E-state index contributed by atoms with van der Waals surface area (Å²) < 4.78 is 29.2. The molecule has 0 radical (unpaired) electrons. The Morgan fingerprint density at radius 1 is 1.08 bits per heavy atom. The van der Waals surface area contributed by atoms with E-state index in [0.717, 1.165) is 38.0 Å². The molecule has 1 atom stereocenters. The van der Waals surface area contributed by atoms with Gasteiger partial charge in [0, 0.05) is 6.42 Å². The van der Waals surface area contributed by atoms with Gasteiger partial charge in [-0.3, -0.25) is 4.79 Å². The molecule has 1 rings (SSSR count). The third-order valence-electron chi connectivity index (χ3n) is 4.62. The highest BCUT2D eigenvalue weighted by Crippen LogP contribution is 2.27. The summed E-state index contributed by atoms with van der Waals surface area (Å²) in [4.78, 5) is 11.8. The second-order valence-corrected chi connectivity index (χ2v) is 10.5. The molecule has 6 heteroatoms. The predicted octanol–water partition coefficient (Wildman–Crippen LogP) is 4.40. The van der Waals surface area contributed by atoms with Gasteiger partial charge in [-0.2, -0.15) is 8.42 Å². The Bertz CT molecular complexity index is 442. The molecular weight excluding hydrogens is 344 g/mol. The van der Waals surface area contributed by atoms with Gasteiger partial charge in [0.1, 0.15) is 6.26 Å². The van der Waals surface area contributed by atoms with E-state index in [1.54, 1.807) is 6.26 Å². The van der Waals surface area contributed by atoms with Crippen molar-refractivity contribution >= 4 is 27.1 Å². The number of carbonyl (C=O) groups is 1. The lowest BCUT2D eigenvalue weighted by molar-refractivity contribution is -0.116. The van der Waals surface area contributed by atoms with Gasteiger partial charge in [0.2, 0.25) is 0 Å². The van der Waals surface area contributed by atoms with Gasteiger partial charge in [-0.05, 0) is 22.4 Å². The van der Waals surface area contributed by atoms with Crippen molar-refractivity contribution in [2.75, 3.05) is 17.8 Å². The van der Waals surface area contributed by atoms with Crippen LogP contribution in [0.3, 0.4) is 0 Å². The van der Waals surface area contributed by atoms with Crippen LogP contribution in [0.5, 0.6) is 0 Å². The molecule has 0 saturated heterocycles. The van der Waals surface area contributed by atoms with Gasteiger partial charge in [0.15, 0.2) is 22.7 Å². The first-order chi connectivity index (χ1) is 11.4. The number of hydrogen-bond donors (Lipinski definition) is 0. The number of carbonyl (C=O) groups excluding carboxylic acids is 1. The van der Waals surface area contributed by atoms with Gasteiger partial charge in [0.05, 0.1) is 5.75 Å². The minimum absolute atomic E-state index is 0.0844. The number of Topliss-reactive ketones (excluding diaryl/α,β-unsaturated/α-hetero) is 1. The number of ketones is 1. The fraction of sp³-hybridized carbons (Fsp3) is 0.944. The minimum atomic E-state index is -3.49. The highest BCUT2D eigenvalue weighted by molar-refractivity contribution is 8.02. The molecule has 24 heavy (non-hydrogen) atoms. The van der Waals surface area contributed by atoms with Gasteiger partial charge in [-0.25, -0.2) is 0 Å². The summed E-state index contributed by atoms with van der Waals surface area (Å²) in [6.07, 6.45) is 14.7. The smallest absolute Gasteiger partial charge is 0.294 e. The van der Waals surface area contributed by atoms with Crippen molar-refractivity contribution in [3.63, 3.8) is 0 Å². The van der Waals surface area contributed by atoms with E-state index in [1.807, 2.05) is 0 Å². The number of unbranched alkanes of at least 4 members (excludes halogenated alkanes) is 3. The molecule has 1 aliphatic rings. The third-order valence-corrected chi connectivity index (χ3v) is 7.90. The van der Waals surface area contributed by atoms with Crippen LogP contribution in [-0.4, -0.2) is 32.0 Å². The summed E-state index contributed by atoms with van der Waals surface area (Å²) >= 11 is -0.822. The molecule has 4 nitrogen and oxygen atoms in total. The van der Waals surface area contributed by atoms with Crippen molar-refractivity contribution in [1.82, 2.24) is 0 Å². The molecule has 0 aromatic rings. The standard InChI is InChI=1S/C18H35O4S2/c1-3-4-6-14-18(19)16-23(2)22-24(20,21)15-10-9-13-17-11-7-5-8-12-17/h17H,3-16H2,1-2H3/q+1. The van der Waals surface area contributed by atoms with Crippen molar-refractivity contribution in [3.05, 3.63) is 0 Å². The van der Waals surface area contributed by atoms with Gasteiger partial charge < -0.3 is 0 Å². The summed E-state index contributed by atoms with van der Waals surface area (Å²) in [6.45, 7) is 2.10. The second-order valence-electron chi connectivity index (χ2n) is 7.04. The monoisotopic (exact) mass is 379 g/mol. The van der Waals surface area contributed by atoms with Crippen LogP contribution >= 0.6 is 0 Å². The van der Waals surface area contributed by atoms with Crippen molar-refractivity contribution in [1.29, 1.82) is 0 Å². The van der Waals surface area contributed by atoms with Crippen LogP contribution in [0.2, 0.25) is 0 Å². The molecule has 1 unspecified atom stereocenters. The minimum Gasteiger partial charge on any atom is -0.294 e. The van der Waals surface area contributed by atoms with E-state index in [1.165, 1.54) is 32.1 Å². The third kappa shape index (κ3) is 10.7. The van der Waals surface area contributed by atoms with Crippen LogP contribution in [0, 0.1) is 5.92 Å². The second kappa shape index (κ2) is 12.3. The Kier molecular flexibility index (Phi) is 11.3. The molecule has 1 saturated carbocycles. The molecule has 0 spiro atoms. The largest absolute Gasteiger partial charge is 0.311 e. The summed E-state index contributed by atoms with van der Waals surface area (Å²) in [5.74, 6) is 1.22. The molecule has 0 bridgehead atoms. The molecule has 0 aromatic heterocycles. The first-order valence-electron chi connectivity index (χ1n) is 9.50. The van der Waals surface area contributed by atoms with Gasteiger partial charge in [0.25, 0.3) is 0 Å². The van der Waals surface area contributed by atoms with E-state index < -0.39 is 21.3 Å². The predicted molar refractivity (Wildman–Crippen MR) is 103 cm³/mol. The molecule has 0 amide bonds. The van der Waals surface area contributed by atoms with Gasteiger partial charge in [-0.15, -0.1) is 0 Å². The average molecular weight is 380 g/mol. The zero-order valence-electron chi connectivity index (χ0n) is 15.4. The van der Waals surface area contributed by atoms with E-state index >= 15 is 0 Å². The van der Waals surface area contributed by atoms with Crippen molar-refractivity contribution in [2.24, 2.45) is 5.92 Å². The summed E-state index contributed by atoms with van der Waals surface area (Å²) in [5, 5.41) is 0. The summed E-state index contributed by atoms with van der Waals surface area (Å²) in [6, 6.07) is 0. The summed E-state index contributed by atoms with van der Waals surface area (Å²) in [7, 11) is -3.49. The normalized spacial score (nSPS) is 17.8. The molecule has 0 N–H and O–H groups in total. The van der Waals surface area contributed by atoms with Crippen LogP contribution in [0.4, 0.5) is 0 Å². The molecule has 0 aromatic carbocycles. The van der Waals surface area contributed by atoms with E-state index in [0.29, 0.717) is 12.8 Å². The van der Waals surface area contributed by atoms with Gasteiger partial charge >= 0.3 is 10.1 Å². The van der Waals surface area contributed by atoms with Crippen LogP contribution in [0.1, 0.15) is 84.0 Å². The van der Waals surface area contributed by atoms with Crippen molar-refractivity contribution in [2.45, 2.75) is 84.0 Å². The van der Waals surface area contributed by atoms with E-state index in [-0.39, 0.29) is 17.3 Å². The Labute approximate surface area is 151 Å². The quantitative estimate of drug-likeness (QED) is 0.351. The van der Waals surface area contributed by atoms with Crippen LogP contribution < -0.4 is 0 Å². The van der Waals surface area contributed by atoms with Crippen molar-refractivity contribution in [3.8, 4) is 0 Å².